The summed E-state index contributed by atoms with van der Waals surface area (Å²) < 4.78 is 0. The van der Waals surface area contributed by atoms with Crippen LogP contribution in [0.15, 0.2) is 30.5 Å². The van der Waals surface area contributed by atoms with E-state index in [0.29, 0.717) is 0 Å². The Balaban J connectivity index is 1.97. The molecule has 0 aliphatic carbocycles. The fourth-order valence-electron chi connectivity index (χ4n) is 1.72. The summed E-state index contributed by atoms with van der Waals surface area (Å²) in [7, 11) is 0. The van der Waals surface area contributed by atoms with Gasteiger partial charge in [0, 0.05) is 30.6 Å². The molecule has 0 saturated heterocycles. The van der Waals surface area contributed by atoms with Crippen molar-refractivity contribution < 1.29 is 4.79 Å². The van der Waals surface area contributed by atoms with Crippen LogP contribution in [0.5, 0.6) is 0 Å². The number of hydrogen-bond donors (Lipinski definition) is 3. The minimum Gasteiger partial charge on any atom is -0.361 e. The quantitative estimate of drug-likeness (QED) is 0.535. The second-order valence-electron chi connectivity index (χ2n) is 3.72. The molecule has 0 saturated carbocycles. The first kappa shape index (κ1) is 10.7. The number of nitrogens with one attached hydrogen (secondary N) is 3. The van der Waals surface area contributed by atoms with E-state index < -0.39 is 0 Å². The van der Waals surface area contributed by atoms with Gasteiger partial charge in [0.25, 0.3) is 0 Å². The number of fused-ring (bicyclic) bond motifs is 1. The fourth-order valence-corrected chi connectivity index (χ4v) is 1.72. The van der Waals surface area contributed by atoms with E-state index in [1.807, 2.05) is 18.3 Å². The lowest BCUT2D eigenvalue weighted by Gasteiger charge is -2.03. The highest BCUT2D eigenvalue weighted by Crippen LogP contribution is 2.17. The molecule has 1 aromatic carbocycles. The molecule has 1 amide bonds. The summed E-state index contributed by atoms with van der Waals surface area (Å²) in [5.41, 5.74) is 7.84. The van der Waals surface area contributed by atoms with Gasteiger partial charge in [-0.1, -0.05) is 18.2 Å². The van der Waals surface area contributed by atoms with Crippen molar-refractivity contribution in [2.24, 2.45) is 0 Å². The van der Waals surface area contributed by atoms with Gasteiger partial charge in [-0.25, -0.2) is 5.43 Å². The van der Waals surface area contributed by atoms with Crippen LogP contribution in [0, 0.1) is 0 Å². The summed E-state index contributed by atoms with van der Waals surface area (Å²) in [6.45, 7) is 2.21. The van der Waals surface area contributed by atoms with Gasteiger partial charge in [0.2, 0.25) is 5.91 Å². The SMILES string of the molecule is CC(=O)NNCCc1c[nH]c2ccccc12. The first-order valence-electron chi connectivity index (χ1n) is 5.32. The number of carbonyl (C=O) groups is 1. The highest BCUT2D eigenvalue weighted by molar-refractivity contribution is 5.83. The summed E-state index contributed by atoms with van der Waals surface area (Å²) in [6, 6.07) is 8.19. The molecule has 0 unspecified atom stereocenters. The molecule has 2 rings (SSSR count). The van der Waals surface area contributed by atoms with E-state index in [1.165, 1.54) is 17.9 Å². The molecule has 84 valence electrons. The van der Waals surface area contributed by atoms with Gasteiger partial charge in [0.1, 0.15) is 0 Å². The Kier molecular flexibility index (Phi) is 3.22. The summed E-state index contributed by atoms with van der Waals surface area (Å²) in [5.74, 6) is -0.0704. The van der Waals surface area contributed by atoms with Crippen molar-refractivity contribution in [3.05, 3.63) is 36.0 Å². The lowest BCUT2D eigenvalue weighted by molar-refractivity contribution is -0.119. The van der Waals surface area contributed by atoms with Crippen LogP contribution in [-0.4, -0.2) is 17.4 Å². The second kappa shape index (κ2) is 4.81. The largest absolute Gasteiger partial charge is 0.361 e. The van der Waals surface area contributed by atoms with Crippen molar-refractivity contribution in [2.75, 3.05) is 6.54 Å². The van der Waals surface area contributed by atoms with Crippen molar-refractivity contribution in [1.29, 1.82) is 0 Å². The molecule has 1 aromatic heterocycles. The third-order valence-electron chi connectivity index (χ3n) is 2.46. The summed E-state index contributed by atoms with van der Waals surface area (Å²) in [5, 5.41) is 1.24. The Bertz CT molecular complexity index is 490. The van der Waals surface area contributed by atoms with Crippen molar-refractivity contribution in [1.82, 2.24) is 15.8 Å². The number of aromatic amines is 1. The van der Waals surface area contributed by atoms with Crippen LogP contribution in [0.1, 0.15) is 12.5 Å². The van der Waals surface area contributed by atoms with Gasteiger partial charge in [-0.3, -0.25) is 10.2 Å². The summed E-state index contributed by atoms with van der Waals surface area (Å²) >= 11 is 0. The number of hydrogen-bond acceptors (Lipinski definition) is 2. The lowest BCUT2D eigenvalue weighted by atomic mass is 10.1. The minimum absolute atomic E-state index is 0.0704. The molecule has 2 aromatic rings. The number of hydrazine groups is 1. The molecule has 1 heterocycles. The first-order valence-corrected chi connectivity index (χ1v) is 5.32. The van der Waals surface area contributed by atoms with Gasteiger partial charge in [0.05, 0.1) is 0 Å². The molecule has 4 nitrogen and oxygen atoms in total. The second-order valence-corrected chi connectivity index (χ2v) is 3.72. The molecule has 16 heavy (non-hydrogen) atoms. The Labute approximate surface area is 94.0 Å². The van der Waals surface area contributed by atoms with Crippen molar-refractivity contribution in [3.8, 4) is 0 Å². The molecule has 0 atom stereocenters. The predicted molar refractivity (Wildman–Crippen MR) is 63.8 cm³/mol. The molecule has 4 heteroatoms. The molecule has 3 N–H and O–H groups in total. The standard InChI is InChI=1S/C12H15N3O/c1-9(16)15-14-7-6-10-8-13-12-5-3-2-4-11(10)12/h2-5,8,13-14H,6-7H2,1H3,(H,15,16). The topological polar surface area (TPSA) is 56.9 Å². The van der Waals surface area contributed by atoms with Gasteiger partial charge < -0.3 is 4.98 Å². The molecule has 0 aliphatic heterocycles. The molecule has 0 radical (unpaired) electrons. The van der Waals surface area contributed by atoms with Crippen LogP contribution in [-0.2, 0) is 11.2 Å². The van der Waals surface area contributed by atoms with E-state index in [2.05, 4.69) is 28.0 Å². The molecule has 0 aliphatic rings. The van der Waals surface area contributed by atoms with Crippen molar-refractivity contribution in [3.63, 3.8) is 0 Å². The average Bonchev–Trinajstić information content (AvgIpc) is 2.68. The van der Waals surface area contributed by atoms with Gasteiger partial charge in [-0.15, -0.1) is 0 Å². The Morgan fingerprint density at radius 2 is 2.19 bits per heavy atom. The van der Waals surface area contributed by atoms with Crippen molar-refractivity contribution >= 4 is 16.8 Å². The van der Waals surface area contributed by atoms with Crippen LogP contribution in [0.2, 0.25) is 0 Å². The lowest BCUT2D eigenvalue weighted by Crippen LogP contribution is -2.36. The van der Waals surface area contributed by atoms with Crippen molar-refractivity contribution in [2.45, 2.75) is 13.3 Å². The maximum Gasteiger partial charge on any atom is 0.230 e. The highest BCUT2D eigenvalue weighted by atomic mass is 16.2. The van der Waals surface area contributed by atoms with Crippen LogP contribution in [0.25, 0.3) is 10.9 Å². The molecular weight excluding hydrogens is 202 g/mol. The number of benzene rings is 1. The smallest absolute Gasteiger partial charge is 0.230 e. The van der Waals surface area contributed by atoms with Crippen LogP contribution >= 0.6 is 0 Å². The Morgan fingerprint density at radius 1 is 1.38 bits per heavy atom. The maximum atomic E-state index is 10.6. The number of para-hydroxylation sites is 1. The normalized spacial score (nSPS) is 10.6. The van der Waals surface area contributed by atoms with Gasteiger partial charge >= 0.3 is 0 Å². The van der Waals surface area contributed by atoms with E-state index in [4.69, 9.17) is 0 Å². The Hall–Kier alpha value is -1.81. The molecule has 0 spiro atoms. The zero-order chi connectivity index (χ0) is 11.4. The minimum atomic E-state index is -0.0704. The number of amides is 1. The monoisotopic (exact) mass is 217 g/mol. The summed E-state index contributed by atoms with van der Waals surface area (Å²) in [6.07, 6.45) is 2.89. The van der Waals surface area contributed by atoms with Crippen LogP contribution in [0.4, 0.5) is 0 Å². The third-order valence-corrected chi connectivity index (χ3v) is 2.46. The zero-order valence-corrected chi connectivity index (χ0v) is 9.21. The fraction of sp³-hybridized carbons (Fsp3) is 0.250. The van der Waals surface area contributed by atoms with Gasteiger partial charge in [-0.2, -0.15) is 0 Å². The van der Waals surface area contributed by atoms with Gasteiger partial charge in [0.15, 0.2) is 0 Å². The van der Waals surface area contributed by atoms with Crippen LogP contribution < -0.4 is 10.9 Å². The number of H-pyrrole nitrogens is 1. The molecular formula is C12H15N3O. The van der Waals surface area contributed by atoms with E-state index in [0.717, 1.165) is 18.5 Å². The van der Waals surface area contributed by atoms with Gasteiger partial charge in [-0.05, 0) is 18.1 Å². The van der Waals surface area contributed by atoms with E-state index >= 15 is 0 Å². The van der Waals surface area contributed by atoms with E-state index in [-0.39, 0.29) is 5.91 Å². The Morgan fingerprint density at radius 3 is 3.00 bits per heavy atom. The number of carbonyl (C=O) groups excluding carboxylic acids is 1. The maximum absolute atomic E-state index is 10.6. The first-order chi connectivity index (χ1) is 7.77. The number of aromatic nitrogens is 1. The third kappa shape index (κ3) is 2.41. The number of rotatable bonds is 4. The van der Waals surface area contributed by atoms with Crippen LogP contribution in [0.3, 0.4) is 0 Å². The highest BCUT2D eigenvalue weighted by Gasteiger charge is 2.01. The zero-order valence-electron chi connectivity index (χ0n) is 9.21. The summed E-state index contributed by atoms with van der Waals surface area (Å²) in [4.78, 5) is 13.9. The molecule has 0 fully saturated rings. The van der Waals surface area contributed by atoms with E-state index in [9.17, 15) is 4.79 Å². The predicted octanol–water partition coefficient (Wildman–Crippen LogP) is 1.35. The average molecular weight is 217 g/mol. The van der Waals surface area contributed by atoms with E-state index in [1.54, 1.807) is 0 Å². The molecule has 0 bridgehead atoms.